The van der Waals surface area contributed by atoms with E-state index in [9.17, 15) is 0 Å². The number of benzene rings is 1. The minimum absolute atomic E-state index is 0.457. The second-order valence-electron chi connectivity index (χ2n) is 8.52. The maximum atomic E-state index is 4.58. The topological polar surface area (TPSA) is 80.4 Å². The summed E-state index contributed by atoms with van der Waals surface area (Å²) in [6.07, 6.45) is 5.57. The minimum atomic E-state index is 0.457. The highest BCUT2D eigenvalue weighted by molar-refractivity contribution is 7.14. The smallest absolute Gasteiger partial charge is 0.227 e. The maximum absolute atomic E-state index is 4.58. The molecular weight excluding hydrogens is 420 g/mol. The van der Waals surface area contributed by atoms with Crippen LogP contribution < -0.4 is 4.90 Å². The fraction of sp³-hybridized carbons (Fsp3) is 0.304. The second-order valence-corrected chi connectivity index (χ2v) is 9.61. The van der Waals surface area contributed by atoms with Crippen molar-refractivity contribution in [2.75, 3.05) is 11.9 Å². The number of aromatic nitrogens is 7. The largest absolute Gasteiger partial charge is 0.352 e. The highest BCUT2D eigenvalue weighted by Gasteiger charge is 2.20. The van der Waals surface area contributed by atoms with Gasteiger partial charge < -0.3 is 9.88 Å². The van der Waals surface area contributed by atoms with Gasteiger partial charge in [0.05, 0.1) is 12.2 Å². The summed E-state index contributed by atoms with van der Waals surface area (Å²) in [6.45, 7) is 8.05. The van der Waals surface area contributed by atoms with E-state index in [2.05, 4.69) is 79.8 Å². The van der Waals surface area contributed by atoms with Gasteiger partial charge in [-0.25, -0.2) is 9.67 Å². The Morgan fingerprint density at radius 2 is 2.06 bits per heavy atom. The van der Waals surface area contributed by atoms with Crippen molar-refractivity contribution in [1.82, 2.24) is 34.5 Å². The van der Waals surface area contributed by atoms with Crippen molar-refractivity contribution >= 4 is 28.2 Å². The Hall–Kier alpha value is -3.46. The zero-order chi connectivity index (χ0) is 22.2. The number of aromatic amines is 1. The van der Waals surface area contributed by atoms with Crippen LogP contribution in [-0.2, 0) is 13.1 Å². The Balaban J connectivity index is 1.46. The van der Waals surface area contributed by atoms with E-state index in [1.807, 2.05) is 25.5 Å². The van der Waals surface area contributed by atoms with Gasteiger partial charge in [-0.2, -0.15) is 5.10 Å². The summed E-state index contributed by atoms with van der Waals surface area (Å²) in [4.78, 5) is 11.3. The number of fused-ring (bicyclic) bond motifs is 1. The van der Waals surface area contributed by atoms with Gasteiger partial charge in [0.25, 0.3) is 0 Å². The molecule has 4 heterocycles. The van der Waals surface area contributed by atoms with Crippen LogP contribution in [0, 0.1) is 12.8 Å². The van der Waals surface area contributed by atoms with E-state index in [0.717, 1.165) is 39.5 Å². The third-order valence-corrected chi connectivity index (χ3v) is 6.25. The molecule has 1 N–H and O–H groups in total. The molecule has 0 saturated carbocycles. The zero-order valence-corrected chi connectivity index (χ0v) is 19.5. The number of rotatable bonds is 7. The lowest BCUT2D eigenvalue weighted by Crippen LogP contribution is -2.21. The van der Waals surface area contributed by atoms with Gasteiger partial charge >= 0.3 is 0 Å². The van der Waals surface area contributed by atoms with Crippen molar-refractivity contribution in [3.8, 4) is 16.6 Å². The van der Waals surface area contributed by atoms with Crippen LogP contribution in [0.5, 0.6) is 0 Å². The number of thiazole rings is 1. The van der Waals surface area contributed by atoms with Crippen molar-refractivity contribution in [2.24, 2.45) is 5.92 Å². The summed E-state index contributed by atoms with van der Waals surface area (Å²) >= 11 is 1.62. The average Bonchev–Trinajstić information content (AvgIpc) is 3.53. The van der Waals surface area contributed by atoms with Gasteiger partial charge in [0, 0.05) is 48.0 Å². The Labute approximate surface area is 190 Å². The molecule has 8 nitrogen and oxygen atoms in total. The van der Waals surface area contributed by atoms with Crippen LogP contribution in [-0.4, -0.2) is 41.6 Å². The fourth-order valence-electron chi connectivity index (χ4n) is 3.83. The Morgan fingerprint density at radius 3 is 2.84 bits per heavy atom. The molecule has 0 unspecified atom stereocenters. The van der Waals surface area contributed by atoms with Gasteiger partial charge in [0.1, 0.15) is 0 Å². The Kier molecular flexibility index (Phi) is 5.26. The molecule has 4 aromatic heterocycles. The molecule has 0 aliphatic carbocycles. The molecule has 0 aliphatic rings. The van der Waals surface area contributed by atoms with Gasteiger partial charge in [-0.3, -0.25) is 4.57 Å². The number of hydrogen-bond donors (Lipinski definition) is 1. The fourth-order valence-corrected chi connectivity index (χ4v) is 4.74. The molecule has 9 heteroatoms. The van der Waals surface area contributed by atoms with Crippen LogP contribution in [0.2, 0.25) is 0 Å². The van der Waals surface area contributed by atoms with Crippen molar-refractivity contribution in [3.05, 3.63) is 59.4 Å². The molecule has 0 spiro atoms. The van der Waals surface area contributed by atoms with Crippen molar-refractivity contribution < 1.29 is 0 Å². The Morgan fingerprint density at radius 1 is 1.19 bits per heavy atom. The molecule has 164 valence electrons. The molecule has 0 radical (unpaired) electrons. The number of nitrogens with one attached hydrogen (secondary N) is 1. The molecule has 5 aromatic rings. The first-order chi connectivity index (χ1) is 15.5. The van der Waals surface area contributed by atoms with Gasteiger partial charge in [-0.15, -0.1) is 10.2 Å². The maximum Gasteiger partial charge on any atom is 0.227 e. The molecule has 1 aromatic carbocycles. The van der Waals surface area contributed by atoms with Crippen LogP contribution >= 0.6 is 11.3 Å². The highest BCUT2D eigenvalue weighted by atomic mass is 32.1. The molecule has 0 saturated heterocycles. The van der Waals surface area contributed by atoms with Gasteiger partial charge in [0.15, 0.2) is 5.82 Å². The average molecular weight is 447 g/mol. The van der Waals surface area contributed by atoms with Crippen LogP contribution in [0.3, 0.4) is 0 Å². The van der Waals surface area contributed by atoms with Crippen molar-refractivity contribution in [1.29, 1.82) is 0 Å². The monoisotopic (exact) mass is 446 g/mol. The normalized spacial score (nSPS) is 11.7. The highest BCUT2D eigenvalue weighted by Crippen LogP contribution is 2.28. The van der Waals surface area contributed by atoms with E-state index in [0.29, 0.717) is 12.5 Å². The first-order valence-electron chi connectivity index (χ1n) is 10.7. The van der Waals surface area contributed by atoms with E-state index in [1.54, 1.807) is 22.2 Å². The summed E-state index contributed by atoms with van der Waals surface area (Å²) in [5.41, 5.74) is 3.33. The zero-order valence-electron chi connectivity index (χ0n) is 18.6. The van der Waals surface area contributed by atoms with Gasteiger partial charge in [0.2, 0.25) is 11.1 Å². The summed E-state index contributed by atoms with van der Waals surface area (Å²) in [5.74, 6) is 2.16. The predicted octanol–water partition coefficient (Wildman–Crippen LogP) is 4.67. The quantitative estimate of drug-likeness (QED) is 0.393. The van der Waals surface area contributed by atoms with E-state index in [4.69, 9.17) is 0 Å². The third kappa shape index (κ3) is 3.91. The molecule has 0 bridgehead atoms. The van der Waals surface area contributed by atoms with Crippen molar-refractivity contribution in [2.45, 2.75) is 33.9 Å². The summed E-state index contributed by atoms with van der Waals surface area (Å²) in [6, 6.07) is 10.5. The lowest BCUT2D eigenvalue weighted by atomic mass is 10.2. The third-order valence-electron chi connectivity index (χ3n) is 5.27. The summed E-state index contributed by atoms with van der Waals surface area (Å²) in [7, 11) is 2.05. The molecule has 0 fully saturated rings. The van der Waals surface area contributed by atoms with Crippen LogP contribution in [0.15, 0.2) is 48.9 Å². The Bertz CT molecular complexity index is 1340. The molecular formula is C23H26N8S. The van der Waals surface area contributed by atoms with E-state index in [1.165, 1.54) is 10.9 Å². The lowest BCUT2D eigenvalue weighted by Gasteiger charge is -2.20. The molecule has 0 aliphatic heterocycles. The van der Waals surface area contributed by atoms with Crippen LogP contribution in [0.1, 0.15) is 24.3 Å². The predicted molar refractivity (Wildman–Crippen MR) is 128 cm³/mol. The van der Waals surface area contributed by atoms with Crippen LogP contribution in [0.4, 0.5) is 5.95 Å². The standard InChI is InChI=1S/C23H26N8S/c1-15(2)13-30-21(20-11-17-7-6-16(3)10-19(17)26-20)27-28-22(30)29(4)14-18-12-24-23(32-18)31-9-5-8-25-31/h5-12,15,26H,13-14H2,1-4H3. The number of hydrogen-bond acceptors (Lipinski definition) is 6. The molecule has 32 heavy (non-hydrogen) atoms. The molecule has 0 atom stereocenters. The number of aryl methyl sites for hydroxylation is 1. The molecule has 0 amide bonds. The molecule has 5 rings (SSSR count). The number of nitrogens with zero attached hydrogens (tertiary/aromatic N) is 7. The minimum Gasteiger partial charge on any atom is -0.352 e. The summed E-state index contributed by atoms with van der Waals surface area (Å²) < 4.78 is 3.99. The first-order valence-corrected chi connectivity index (χ1v) is 11.5. The van der Waals surface area contributed by atoms with E-state index >= 15 is 0 Å². The van der Waals surface area contributed by atoms with Gasteiger partial charge in [-0.1, -0.05) is 37.3 Å². The van der Waals surface area contributed by atoms with Crippen LogP contribution in [0.25, 0.3) is 27.6 Å². The SMILES string of the molecule is Cc1ccc2cc(-c3nnc(N(C)Cc4cnc(-n5cccn5)s4)n3CC(C)C)[nH]c2c1. The number of H-pyrrole nitrogens is 1. The van der Waals surface area contributed by atoms with E-state index in [-0.39, 0.29) is 0 Å². The summed E-state index contributed by atoms with van der Waals surface area (Å²) in [5, 5.41) is 15.5. The lowest BCUT2D eigenvalue weighted by molar-refractivity contribution is 0.523. The number of anilines is 1. The first kappa shape index (κ1) is 20.4. The second kappa shape index (κ2) is 8.23. The van der Waals surface area contributed by atoms with Crippen molar-refractivity contribution in [3.63, 3.8) is 0 Å². The van der Waals surface area contributed by atoms with Gasteiger partial charge in [-0.05, 0) is 36.6 Å². The van der Waals surface area contributed by atoms with E-state index < -0.39 is 0 Å².